The number of ether oxygens (including phenoxy) is 2. The Morgan fingerprint density at radius 2 is 0.966 bits per heavy atom. The van der Waals surface area contributed by atoms with Crippen LogP contribution >= 0.6 is 0 Å². The van der Waals surface area contributed by atoms with Crippen LogP contribution in [-0.4, -0.2) is 20.9 Å². The van der Waals surface area contributed by atoms with Crippen molar-refractivity contribution in [1.29, 1.82) is 0 Å². The fourth-order valence-corrected chi connectivity index (χ4v) is 3.25. The third kappa shape index (κ3) is 6.91. The molecule has 0 saturated heterocycles. The molecule has 0 spiro atoms. The van der Waals surface area contributed by atoms with Gasteiger partial charge >= 0.3 is 7.69 Å². The molecule has 0 amide bonds. The monoisotopic (exact) mass is 398 g/mol. The zero-order valence-electron chi connectivity index (χ0n) is 18.9. The first-order valence-corrected chi connectivity index (χ1v) is 10.7. The molecule has 0 aliphatic carbocycles. The molecule has 0 saturated carbocycles. The quantitative estimate of drug-likeness (QED) is 0.324. The predicted octanol–water partition coefficient (Wildman–Crippen LogP) is 6.00. The van der Waals surface area contributed by atoms with Gasteiger partial charge in [-0.25, -0.2) is 0 Å². The summed E-state index contributed by atoms with van der Waals surface area (Å²) in [5, 5.41) is 0. The number of aryl methyl sites for hydroxylation is 4. The Morgan fingerprint density at radius 3 is 1.28 bits per heavy atom. The minimum absolute atomic E-state index is 0.157. The third-order valence-corrected chi connectivity index (χ3v) is 4.81. The zero-order chi connectivity index (χ0) is 21.2. The fraction of sp³-hybridized carbons (Fsp3) is 0.500. The average molecular weight is 398 g/mol. The highest BCUT2D eigenvalue weighted by Gasteiger charge is 2.10. The molecule has 0 N–H and O–H groups in total. The van der Waals surface area contributed by atoms with E-state index in [1.54, 1.807) is 0 Å². The highest BCUT2D eigenvalue weighted by Crippen LogP contribution is 2.30. The number of rotatable bonds is 12. The van der Waals surface area contributed by atoms with Gasteiger partial charge in [0.05, 0.1) is 13.2 Å². The van der Waals surface area contributed by atoms with Crippen molar-refractivity contribution in [3.05, 3.63) is 46.5 Å². The molecular formula is C24H35BO4. The molecule has 5 heteroatoms. The van der Waals surface area contributed by atoms with E-state index in [0.717, 1.165) is 84.1 Å². The summed E-state index contributed by atoms with van der Waals surface area (Å²) in [6.45, 7) is 14.0. The van der Waals surface area contributed by atoms with Gasteiger partial charge in [-0.15, -0.1) is 0 Å². The largest absolute Gasteiger partial charge is 0.576 e. The molecule has 2 aromatic rings. The molecule has 4 nitrogen and oxygen atoms in total. The number of benzene rings is 2. The van der Waals surface area contributed by atoms with Crippen molar-refractivity contribution in [2.24, 2.45) is 0 Å². The van der Waals surface area contributed by atoms with Gasteiger partial charge in [0.15, 0.2) is 0 Å². The van der Waals surface area contributed by atoms with Crippen LogP contribution in [0.15, 0.2) is 24.3 Å². The van der Waals surface area contributed by atoms with Crippen molar-refractivity contribution in [3.8, 4) is 23.0 Å². The molecule has 0 heterocycles. The first kappa shape index (κ1) is 23.0. The summed E-state index contributed by atoms with van der Waals surface area (Å²) < 4.78 is 23.5. The van der Waals surface area contributed by atoms with Gasteiger partial charge in [-0.3, -0.25) is 0 Å². The Morgan fingerprint density at radius 1 is 0.621 bits per heavy atom. The molecule has 2 rings (SSSR count). The Kier molecular flexibility index (Phi) is 9.23. The maximum atomic E-state index is 5.91. The number of unbranched alkanes of at least 4 members (excludes halogenated alkanes) is 2. The second-order valence-electron chi connectivity index (χ2n) is 7.58. The molecule has 158 valence electrons. The first-order chi connectivity index (χ1) is 14.0. The lowest BCUT2D eigenvalue weighted by atomic mass is 10.1. The minimum atomic E-state index is 0.157. The van der Waals surface area contributed by atoms with Gasteiger partial charge in [0, 0.05) is 0 Å². The van der Waals surface area contributed by atoms with Gasteiger partial charge in [0.2, 0.25) is 0 Å². The van der Waals surface area contributed by atoms with Gasteiger partial charge in [0.1, 0.15) is 23.0 Å². The van der Waals surface area contributed by atoms with Crippen LogP contribution in [0.2, 0.25) is 0 Å². The first-order valence-electron chi connectivity index (χ1n) is 10.7. The molecule has 0 unspecified atom stereocenters. The summed E-state index contributed by atoms with van der Waals surface area (Å²) >= 11 is 0. The zero-order valence-corrected chi connectivity index (χ0v) is 18.9. The molecule has 0 aliphatic rings. The van der Waals surface area contributed by atoms with Crippen molar-refractivity contribution in [1.82, 2.24) is 0 Å². The maximum absolute atomic E-state index is 5.91. The number of hydrogen-bond donors (Lipinski definition) is 0. The van der Waals surface area contributed by atoms with E-state index >= 15 is 0 Å². The summed E-state index contributed by atoms with van der Waals surface area (Å²) in [5.41, 5.74) is 4.32. The van der Waals surface area contributed by atoms with Crippen molar-refractivity contribution in [2.75, 3.05) is 13.2 Å². The van der Waals surface area contributed by atoms with E-state index in [1.807, 2.05) is 52.0 Å². The molecule has 0 bridgehead atoms. The lowest BCUT2D eigenvalue weighted by Gasteiger charge is -2.16. The van der Waals surface area contributed by atoms with Crippen LogP contribution < -0.4 is 18.8 Å². The maximum Gasteiger partial charge on any atom is 0.576 e. The van der Waals surface area contributed by atoms with E-state index in [0.29, 0.717) is 0 Å². The van der Waals surface area contributed by atoms with Crippen LogP contribution in [0.25, 0.3) is 0 Å². The lowest BCUT2D eigenvalue weighted by molar-refractivity contribution is 0.305. The molecule has 2 aromatic carbocycles. The summed E-state index contributed by atoms with van der Waals surface area (Å²) in [7, 11) is 0.157. The van der Waals surface area contributed by atoms with Crippen molar-refractivity contribution >= 4 is 7.69 Å². The SMILES string of the molecule is CCCCOc1c(C)cc(OBOc2cc(C)c(OCCCC)c(C)c2)cc1C. The van der Waals surface area contributed by atoms with E-state index in [1.165, 1.54) is 0 Å². The van der Waals surface area contributed by atoms with Crippen LogP contribution in [0.4, 0.5) is 0 Å². The van der Waals surface area contributed by atoms with E-state index in [-0.39, 0.29) is 7.69 Å². The van der Waals surface area contributed by atoms with Gasteiger partial charge in [0.25, 0.3) is 0 Å². The molecule has 0 radical (unpaired) electrons. The van der Waals surface area contributed by atoms with Crippen LogP contribution in [0, 0.1) is 27.7 Å². The van der Waals surface area contributed by atoms with Crippen LogP contribution in [-0.2, 0) is 0 Å². The van der Waals surface area contributed by atoms with Gasteiger partial charge in [-0.2, -0.15) is 0 Å². The van der Waals surface area contributed by atoms with Gasteiger partial charge in [-0.05, 0) is 87.1 Å². The Bertz CT molecular complexity index is 677. The van der Waals surface area contributed by atoms with Crippen molar-refractivity contribution in [2.45, 2.75) is 67.2 Å². The molecule has 0 aromatic heterocycles. The molecule has 0 atom stereocenters. The third-order valence-electron chi connectivity index (χ3n) is 4.81. The summed E-state index contributed by atoms with van der Waals surface area (Å²) in [5.74, 6) is 3.49. The van der Waals surface area contributed by atoms with E-state index < -0.39 is 0 Å². The van der Waals surface area contributed by atoms with Crippen molar-refractivity contribution in [3.63, 3.8) is 0 Å². The second-order valence-corrected chi connectivity index (χ2v) is 7.58. The van der Waals surface area contributed by atoms with Crippen LogP contribution in [0.3, 0.4) is 0 Å². The molecule has 0 aliphatic heterocycles. The Hall–Kier alpha value is -2.30. The smallest absolute Gasteiger partial charge is 0.529 e. The van der Waals surface area contributed by atoms with E-state index in [2.05, 4.69) is 13.8 Å². The highest BCUT2D eigenvalue weighted by atomic mass is 16.6. The fourth-order valence-electron chi connectivity index (χ4n) is 3.25. The Balaban J connectivity index is 1.94. The topological polar surface area (TPSA) is 36.9 Å². The molecule has 0 fully saturated rings. The van der Waals surface area contributed by atoms with E-state index in [4.69, 9.17) is 18.8 Å². The minimum Gasteiger partial charge on any atom is -0.529 e. The second kappa shape index (κ2) is 11.6. The predicted molar refractivity (Wildman–Crippen MR) is 121 cm³/mol. The highest BCUT2D eigenvalue weighted by molar-refractivity contribution is 6.20. The van der Waals surface area contributed by atoms with Gasteiger partial charge in [-0.1, -0.05) is 26.7 Å². The normalized spacial score (nSPS) is 10.6. The number of hydrogen-bond acceptors (Lipinski definition) is 4. The molecular weight excluding hydrogens is 363 g/mol. The van der Waals surface area contributed by atoms with Crippen molar-refractivity contribution < 1.29 is 18.8 Å². The Labute approximate surface area is 176 Å². The lowest BCUT2D eigenvalue weighted by Crippen LogP contribution is -2.12. The summed E-state index contributed by atoms with van der Waals surface area (Å²) in [6, 6.07) is 8.00. The van der Waals surface area contributed by atoms with Gasteiger partial charge < -0.3 is 18.8 Å². The van der Waals surface area contributed by atoms with E-state index in [9.17, 15) is 0 Å². The average Bonchev–Trinajstić information content (AvgIpc) is 2.66. The van der Waals surface area contributed by atoms with Crippen LogP contribution in [0.5, 0.6) is 23.0 Å². The summed E-state index contributed by atoms with van der Waals surface area (Å²) in [4.78, 5) is 0. The van der Waals surface area contributed by atoms with Crippen LogP contribution in [0.1, 0.15) is 61.8 Å². The standard InChI is InChI=1S/C24H35BO4/c1-7-9-11-26-23-17(3)13-21(14-18(23)4)28-25-29-22-15-19(5)24(20(6)16-22)27-12-10-8-2/h13-16,25H,7-12H2,1-6H3. The summed E-state index contributed by atoms with van der Waals surface area (Å²) in [6.07, 6.45) is 4.38. The molecule has 29 heavy (non-hydrogen) atoms.